The molecule has 0 spiro atoms. The molecule has 5 rings (SSSR count). The van der Waals surface area contributed by atoms with E-state index in [0.717, 1.165) is 11.9 Å². The van der Waals surface area contributed by atoms with Gasteiger partial charge in [-0.05, 0) is 30.7 Å². The van der Waals surface area contributed by atoms with E-state index in [0.29, 0.717) is 48.0 Å². The van der Waals surface area contributed by atoms with Crippen LogP contribution >= 0.6 is 0 Å². The van der Waals surface area contributed by atoms with Gasteiger partial charge in [-0.2, -0.15) is 9.37 Å². The summed E-state index contributed by atoms with van der Waals surface area (Å²) in [5.74, 6) is 1.18. The van der Waals surface area contributed by atoms with Crippen LogP contribution in [0.3, 0.4) is 0 Å². The Hall–Kier alpha value is -4.41. The van der Waals surface area contributed by atoms with Gasteiger partial charge in [-0.25, -0.2) is 15.0 Å². The molecule has 0 fully saturated rings. The number of hydrogen-bond donors (Lipinski definition) is 0. The number of rotatable bonds is 8. The molecule has 4 heterocycles. The van der Waals surface area contributed by atoms with Gasteiger partial charge in [-0.15, -0.1) is 0 Å². The minimum atomic E-state index is -0.579. The number of aryl methyl sites for hydroxylation is 1. The number of pyridine rings is 1. The molecule has 11 heteroatoms. The number of fused-ring (bicyclic) bond motifs is 1. The molecule has 0 N–H and O–H groups in total. The van der Waals surface area contributed by atoms with Crippen molar-refractivity contribution in [2.75, 3.05) is 0 Å². The minimum absolute atomic E-state index is 0.248. The van der Waals surface area contributed by atoms with Gasteiger partial charge in [-0.1, -0.05) is 18.1 Å². The lowest BCUT2D eigenvalue weighted by molar-refractivity contribution is -0.120. The molecule has 166 valence electrons. The summed E-state index contributed by atoms with van der Waals surface area (Å²) in [6, 6.07) is 8.22. The fraction of sp³-hybridized carbons (Fsp3) is 0.182. The average Bonchev–Trinajstić information content (AvgIpc) is 3.56. The van der Waals surface area contributed by atoms with Crippen molar-refractivity contribution < 1.29 is 18.4 Å². The summed E-state index contributed by atoms with van der Waals surface area (Å²) in [4.78, 5) is 28.4. The molecule has 0 saturated carbocycles. The second-order valence-corrected chi connectivity index (χ2v) is 7.18. The van der Waals surface area contributed by atoms with Gasteiger partial charge in [0.15, 0.2) is 11.6 Å². The van der Waals surface area contributed by atoms with E-state index in [1.54, 1.807) is 30.6 Å². The molecule has 5 aromatic rings. The molecule has 1 aromatic carbocycles. The van der Waals surface area contributed by atoms with E-state index in [-0.39, 0.29) is 11.6 Å². The molecule has 0 radical (unpaired) electrons. The summed E-state index contributed by atoms with van der Waals surface area (Å²) in [7, 11) is 0. The Bertz CT molecular complexity index is 1430. The number of ether oxygens (including phenoxy) is 1. The standard InChI is InChI=1S/C22H18FN7O3/c1-2-9-30-16-7-6-14(21-25-12-33-28-21)20(32-13-31)19(16)27-18(30)11-29-10-8-24-22(29)15-4-3-5-17(23)26-15/h3-8,10,12-13H,2,9,11H2,1H3. The molecular formula is C22H18FN7O3. The highest BCUT2D eigenvalue weighted by atomic mass is 19.1. The zero-order valence-corrected chi connectivity index (χ0v) is 17.6. The molecule has 0 atom stereocenters. The van der Waals surface area contributed by atoms with E-state index >= 15 is 0 Å². The second kappa shape index (κ2) is 8.61. The molecule has 0 unspecified atom stereocenters. The van der Waals surface area contributed by atoms with E-state index in [9.17, 15) is 9.18 Å². The van der Waals surface area contributed by atoms with Crippen molar-refractivity contribution in [1.29, 1.82) is 0 Å². The third-order valence-electron chi connectivity index (χ3n) is 5.14. The first kappa shape index (κ1) is 20.5. The number of hydrogen-bond acceptors (Lipinski definition) is 8. The van der Waals surface area contributed by atoms with Crippen molar-refractivity contribution in [3.63, 3.8) is 0 Å². The molecule has 33 heavy (non-hydrogen) atoms. The van der Waals surface area contributed by atoms with Gasteiger partial charge in [0, 0.05) is 18.9 Å². The zero-order valence-electron chi connectivity index (χ0n) is 17.6. The summed E-state index contributed by atoms with van der Waals surface area (Å²) in [6.07, 6.45) is 5.47. The Balaban J connectivity index is 1.63. The maximum atomic E-state index is 13.7. The maximum Gasteiger partial charge on any atom is 0.298 e. The minimum Gasteiger partial charge on any atom is -0.426 e. The van der Waals surface area contributed by atoms with Gasteiger partial charge in [0.2, 0.25) is 18.2 Å². The Kier molecular flexibility index (Phi) is 5.35. The van der Waals surface area contributed by atoms with E-state index in [1.807, 2.05) is 10.6 Å². The van der Waals surface area contributed by atoms with Gasteiger partial charge < -0.3 is 18.4 Å². The third-order valence-corrected chi connectivity index (χ3v) is 5.14. The fourth-order valence-electron chi connectivity index (χ4n) is 3.80. The number of halogens is 1. The van der Waals surface area contributed by atoms with Crippen LogP contribution in [0.1, 0.15) is 19.2 Å². The molecule has 0 aliphatic rings. The molecular weight excluding hydrogens is 429 g/mol. The largest absolute Gasteiger partial charge is 0.426 e. The molecule has 0 bridgehead atoms. The van der Waals surface area contributed by atoms with Crippen LogP contribution in [0.25, 0.3) is 33.9 Å². The molecule has 0 aliphatic carbocycles. The van der Waals surface area contributed by atoms with Gasteiger partial charge in [0.25, 0.3) is 6.47 Å². The van der Waals surface area contributed by atoms with E-state index < -0.39 is 5.95 Å². The lowest BCUT2D eigenvalue weighted by Crippen LogP contribution is -2.10. The van der Waals surface area contributed by atoms with Crippen LogP contribution in [0.5, 0.6) is 5.75 Å². The van der Waals surface area contributed by atoms with E-state index in [4.69, 9.17) is 14.2 Å². The molecule has 10 nitrogen and oxygen atoms in total. The van der Waals surface area contributed by atoms with Gasteiger partial charge in [0.1, 0.15) is 17.0 Å². The van der Waals surface area contributed by atoms with E-state index in [1.165, 1.54) is 12.5 Å². The molecule has 0 saturated heterocycles. The highest BCUT2D eigenvalue weighted by Gasteiger charge is 2.21. The van der Waals surface area contributed by atoms with Crippen LogP contribution in [0, 0.1) is 5.95 Å². The molecule has 0 amide bonds. The highest BCUT2D eigenvalue weighted by molar-refractivity contribution is 5.91. The van der Waals surface area contributed by atoms with Crippen LogP contribution < -0.4 is 4.74 Å². The first-order valence-corrected chi connectivity index (χ1v) is 10.2. The smallest absolute Gasteiger partial charge is 0.298 e. The van der Waals surface area contributed by atoms with Crippen molar-refractivity contribution >= 4 is 17.5 Å². The first-order valence-electron chi connectivity index (χ1n) is 10.2. The Labute approximate surface area is 186 Å². The van der Waals surface area contributed by atoms with Crippen molar-refractivity contribution in [3.05, 3.63) is 60.9 Å². The van der Waals surface area contributed by atoms with Crippen molar-refractivity contribution in [2.24, 2.45) is 0 Å². The molecule has 4 aromatic heterocycles. The van der Waals surface area contributed by atoms with Crippen LogP contribution in [0.15, 0.2) is 53.6 Å². The summed E-state index contributed by atoms with van der Waals surface area (Å²) >= 11 is 0. The van der Waals surface area contributed by atoms with Gasteiger partial charge >= 0.3 is 0 Å². The number of carbonyl (C=O) groups excluding carboxylic acids is 1. The number of imidazole rings is 2. The lowest BCUT2D eigenvalue weighted by Gasteiger charge is -2.11. The summed E-state index contributed by atoms with van der Waals surface area (Å²) in [6.45, 7) is 3.45. The lowest BCUT2D eigenvalue weighted by atomic mass is 10.1. The van der Waals surface area contributed by atoms with Crippen LogP contribution in [-0.4, -0.2) is 40.7 Å². The van der Waals surface area contributed by atoms with Crippen molar-refractivity contribution in [1.82, 2.24) is 34.2 Å². The normalized spacial score (nSPS) is 11.2. The van der Waals surface area contributed by atoms with Crippen LogP contribution in [0.2, 0.25) is 0 Å². The Morgan fingerprint density at radius 3 is 2.85 bits per heavy atom. The number of aromatic nitrogens is 7. The quantitative estimate of drug-likeness (QED) is 0.262. The van der Waals surface area contributed by atoms with E-state index in [2.05, 4.69) is 31.6 Å². The Morgan fingerprint density at radius 1 is 1.18 bits per heavy atom. The number of carbonyl (C=O) groups is 1. The predicted molar refractivity (Wildman–Crippen MR) is 115 cm³/mol. The maximum absolute atomic E-state index is 13.7. The topological polar surface area (TPSA) is 114 Å². The van der Waals surface area contributed by atoms with Crippen molar-refractivity contribution in [2.45, 2.75) is 26.4 Å². The monoisotopic (exact) mass is 447 g/mol. The zero-order chi connectivity index (χ0) is 22.8. The third kappa shape index (κ3) is 3.73. The second-order valence-electron chi connectivity index (χ2n) is 7.18. The summed E-state index contributed by atoms with van der Waals surface area (Å²) in [5, 5.41) is 3.85. The van der Waals surface area contributed by atoms with Crippen LogP contribution in [-0.2, 0) is 17.9 Å². The predicted octanol–water partition coefficient (Wildman–Crippen LogP) is 3.48. The van der Waals surface area contributed by atoms with Gasteiger partial charge in [0.05, 0.1) is 17.6 Å². The highest BCUT2D eigenvalue weighted by Crippen LogP contribution is 2.35. The SMILES string of the molecule is CCCn1c(Cn2ccnc2-c2cccc(F)n2)nc2c(OC=O)c(-c3ncon3)ccc21. The Morgan fingerprint density at radius 2 is 2.09 bits per heavy atom. The average molecular weight is 447 g/mol. The fourth-order valence-corrected chi connectivity index (χ4v) is 3.80. The summed E-state index contributed by atoms with van der Waals surface area (Å²) < 4.78 is 27.7. The van der Waals surface area contributed by atoms with Crippen molar-refractivity contribution in [3.8, 4) is 28.7 Å². The van der Waals surface area contributed by atoms with Gasteiger partial charge in [-0.3, -0.25) is 4.79 Å². The summed E-state index contributed by atoms with van der Waals surface area (Å²) in [5.41, 5.74) is 2.20. The number of nitrogens with zero attached hydrogens (tertiary/aromatic N) is 7. The number of benzene rings is 1. The van der Waals surface area contributed by atoms with Crippen LogP contribution in [0.4, 0.5) is 4.39 Å². The molecule has 0 aliphatic heterocycles. The first-order chi connectivity index (χ1) is 16.2.